The van der Waals surface area contributed by atoms with Crippen LogP contribution in [0.5, 0.6) is 0 Å². The number of aliphatic carboxylic acids is 3. The fourth-order valence-electron chi connectivity index (χ4n) is 6.61. The normalized spacial score (nSPS) is 38.0. The Hall–Kier alpha value is -1.93. The molecule has 0 aromatic rings. The molecule has 0 heterocycles. The van der Waals surface area contributed by atoms with Crippen LogP contribution in [-0.4, -0.2) is 55.6 Å². The van der Waals surface area contributed by atoms with Crippen LogP contribution in [0.25, 0.3) is 0 Å². The molecule has 0 unspecified atom stereocenters. The van der Waals surface area contributed by atoms with E-state index in [4.69, 9.17) is 29.7 Å². The Labute approximate surface area is 196 Å². The molecular formula is C25H42O8. The second-order valence-corrected chi connectivity index (χ2v) is 10.4. The molecule has 0 aliphatic heterocycles. The highest BCUT2D eigenvalue weighted by Gasteiger charge is 2.58. The van der Waals surface area contributed by atoms with Crippen LogP contribution in [0.4, 0.5) is 0 Å². The Morgan fingerprint density at radius 2 is 1.33 bits per heavy atom. The van der Waals surface area contributed by atoms with Gasteiger partial charge in [0.25, 0.3) is 17.9 Å². The van der Waals surface area contributed by atoms with Crippen molar-refractivity contribution in [3.8, 4) is 0 Å². The van der Waals surface area contributed by atoms with Crippen LogP contribution in [0.1, 0.15) is 86.0 Å². The first kappa shape index (κ1) is 29.1. The number of aliphatic hydroxyl groups is 2. The minimum atomic E-state index is -0.833. The summed E-state index contributed by atoms with van der Waals surface area (Å²) in [4.78, 5) is 27.0. The van der Waals surface area contributed by atoms with Crippen molar-refractivity contribution >= 4 is 17.9 Å². The van der Waals surface area contributed by atoms with Crippen molar-refractivity contribution in [2.24, 2.45) is 28.6 Å². The highest BCUT2D eigenvalue weighted by Crippen LogP contribution is 2.64. The standard InChI is InChI=1S/C19H30O2.3C2H4O2/c1-18-9-7-13(20)11-12(18)3-4-14-15-5-6-17(21)19(15,2)10-8-16(14)18;3*1-2(3)4/h3,13-17,20-21H,4-11H2,1-2H3;3*1H3,(H,3,4)/t13-,14-,15-,16-,17-,18-,19-;;;/m0.../s1. The summed E-state index contributed by atoms with van der Waals surface area (Å²) in [5.74, 6) is -0.231. The number of aliphatic hydroxyl groups excluding tert-OH is 2. The Balaban J connectivity index is 0.000000381. The SMILES string of the molecule is CC(=O)O.CC(=O)O.CC(=O)O.C[C@]12CC[C@H]3[C@@H](CC=C4C[C@@H](O)CC[C@@]43C)[C@@H]1CC[C@@H]2O. The number of hydrogen-bond acceptors (Lipinski definition) is 5. The molecule has 0 radical (unpaired) electrons. The van der Waals surface area contributed by atoms with Crippen LogP contribution in [0.3, 0.4) is 0 Å². The maximum Gasteiger partial charge on any atom is 0.300 e. The third kappa shape index (κ3) is 7.54. The lowest BCUT2D eigenvalue weighted by Crippen LogP contribution is -2.51. The van der Waals surface area contributed by atoms with Gasteiger partial charge in [-0.15, -0.1) is 0 Å². The first-order chi connectivity index (χ1) is 15.1. The van der Waals surface area contributed by atoms with Crippen molar-refractivity contribution in [2.45, 2.75) is 98.2 Å². The molecule has 0 spiro atoms. The van der Waals surface area contributed by atoms with E-state index in [0.717, 1.165) is 58.3 Å². The minimum Gasteiger partial charge on any atom is -0.481 e. The van der Waals surface area contributed by atoms with Gasteiger partial charge in [-0.05, 0) is 80.0 Å². The fourth-order valence-corrected chi connectivity index (χ4v) is 6.61. The molecule has 7 atom stereocenters. The van der Waals surface area contributed by atoms with E-state index in [-0.39, 0.29) is 17.6 Å². The van der Waals surface area contributed by atoms with Crippen molar-refractivity contribution in [1.82, 2.24) is 0 Å². The number of carboxylic acid groups (broad SMARTS) is 3. The number of rotatable bonds is 0. The average Bonchev–Trinajstić information content (AvgIpc) is 2.96. The third-order valence-electron chi connectivity index (χ3n) is 8.03. The van der Waals surface area contributed by atoms with E-state index in [1.165, 1.54) is 25.7 Å². The van der Waals surface area contributed by atoms with Crippen LogP contribution < -0.4 is 0 Å². The number of allylic oxidation sites excluding steroid dienone is 1. The Morgan fingerprint density at radius 1 is 0.818 bits per heavy atom. The Kier molecular flexibility index (Phi) is 10.6. The number of carbonyl (C=O) groups is 3. The number of fused-ring (bicyclic) bond motifs is 5. The molecule has 0 bridgehead atoms. The molecule has 3 saturated carbocycles. The van der Waals surface area contributed by atoms with Gasteiger partial charge in [-0.25, -0.2) is 0 Å². The van der Waals surface area contributed by atoms with Crippen LogP contribution >= 0.6 is 0 Å². The van der Waals surface area contributed by atoms with Gasteiger partial charge < -0.3 is 25.5 Å². The van der Waals surface area contributed by atoms with E-state index in [0.29, 0.717) is 11.3 Å². The van der Waals surface area contributed by atoms with E-state index in [2.05, 4.69) is 19.9 Å². The zero-order valence-corrected chi connectivity index (χ0v) is 20.6. The second kappa shape index (κ2) is 12.0. The average molecular weight is 471 g/mol. The topological polar surface area (TPSA) is 152 Å². The summed E-state index contributed by atoms with van der Waals surface area (Å²) in [6.07, 6.45) is 11.2. The number of hydrogen-bond donors (Lipinski definition) is 5. The van der Waals surface area contributed by atoms with Gasteiger partial charge in [-0.3, -0.25) is 14.4 Å². The molecule has 4 aliphatic carbocycles. The molecular weight excluding hydrogens is 428 g/mol. The molecule has 4 aliphatic rings. The summed E-state index contributed by atoms with van der Waals surface area (Å²) in [6, 6.07) is 0. The highest BCUT2D eigenvalue weighted by atomic mass is 16.4. The van der Waals surface area contributed by atoms with Crippen molar-refractivity contribution < 1.29 is 39.9 Å². The van der Waals surface area contributed by atoms with E-state index in [1.807, 2.05) is 0 Å². The summed E-state index contributed by atoms with van der Waals surface area (Å²) in [7, 11) is 0. The molecule has 33 heavy (non-hydrogen) atoms. The van der Waals surface area contributed by atoms with Crippen molar-refractivity contribution in [3.05, 3.63) is 11.6 Å². The summed E-state index contributed by atoms with van der Waals surface area (Å²) in [5.41, 5.74) is 2.05. The molecule has 3 fully saturated rings. The van der Waals surface area contributed by atoms with E-state index in [9.17, 15) is 10.2 Å². The first-order valence-electron chi connectivity index (χ1n) is 11.8. The third-order valence-corrected chi connectivity index (χ3v) is 8.03. The van der Waals surface area contributed by atoms with Gasteiger partial charge in [0, 0.05) is 20.8 Å². The first-order valence-corrected chi connectivity index (χ1v) is 11.8. The van der Waals surface area contributed by atoms with Crippen LogP contribution in [0.2, 0.25) is 0 Å². The predicted molar refractivity (Wildman–Crippen MR) is 124 cm³/mol. The molecule has 0 aromatic carbocycles. The van der Waals surface area contributed by atoms with Gasteiger partial charge in [-0.1, -0.05) is 25.5 Å². The number of carboxylic acids is 3. The zero-order valence-electron chi connectivity index (χ0n) is 20.6. The van der Waals surface area contributed by atoms with Gasteiger partial charge in [0.1, 0.15) is 0 Å². The van der Waals surface area contributed by atoms with Crippen molar-refractivity contribution in [2.75, 3.05) is 0 Å². The van der Waals surface area contributed by atoms with Crippen molar-refractivity contribution in [1.29, 1.82) is 0 Å². The van der Waals surface area contributed by atoms with Gasteiger partial charge >= 0.3 is 0 Å². The molecule has 5 N–H and O–H groups in total. The van der Waals surface area contributed by atoms with Crippen LogP contribution in [0, 0.1) is 28.6 Å². The lowest BCUT2D eigenvalue weighted by molar-refractivity contribution is -0.135. The maximum absolute atomic E-state index is 10.5. The molecule has 0 amide bonds. The molecule has 8 heteroatoms. The molecule has 0 aromatic heterocycles. The quantitative estimate of drug-likeness (QED) is 0.334. The summed E-state index contributed by atoms with van der Waals surface area (Å²) >= 11 is 0. The smallest absolute Gasteiger partial charge is 0.300 e. The summed E-state index contributed by atoms with van der Waals surface area (Å²) in [5, 5.41) is 42.7. The van der Waals surface area contributed by atoms with Gasteiger partial charge in [-0.2, -0.15) is 0 Å². The lowest BCUT2D eigenvalue weighted by Gasteiger charge is -2.57. The van der Waals surface area contributed by atoms with E-state index < -0.39 is 17.9 Å². The van der Waals surface area contributed by atoms with Gasteiger partial charge in [0.05, 0.1) is 12.2 Å². The van der Waals surface area contributed by atoms with Crippen LogP contribution in [0.15, 0.2) is 11.6 Å². The van der Waals surface area contributed by atoms with Gasteiger partial charge in [0.15, 0.2) is 0 Å². The lowest BCUT2D eigenvalue weighted by atomic mass is 9.48. The molecule has 4 rings (SSSR count). The molecule has 8 nitrogen and oxygen atoms in total. The molecule has 0 saturated heterocycles. The van der Waals surface area contributed by atoms with Gasteiger partial charge in [0.2, 0.25) is 0 Å². The van der Waals surface area contributed by atoms with E-state index >= 15 is 0 Å². The largest absolute Gasteiger partial charge is 0.481 e. The Bertz CT molecular complexity index is 691. The highest BCUT2D eigenvalue weighted by molar-refractivity contribution is 5.63. The zero-order chi connectivity index (χ0) is 25.6. The maximum atomic E-state index is 10.5. The van der Waals surface area contributed by atoms with E-state index in [1.54, 1.807) is 5.57 Å². The van der Waals surface area contributed by atoms with Crippen molar-refractivity contribution in [3.63, 3.8) is 0 Å². The monoisotopic (exact) mass is 470 g/mol. The second-order valence-electron chi connectivity index (χ2n) is 10.4. The predicted octanol–water partition coefficient (Wildman–Crippen LogP) is 3.94. The Morgan fingerprint density at radius 3 is 1.85 bits per heavy atom. The minimum absolute atomic E-state index is 0.0742. The molecule has 190 valence electrons. The fraction of sp³-hybridized carbons (Fsp3) is 0.800. The summed E-state index contributed by atoms with van der Waals surface area (Å²) in [6.45, 7) is 8.06. The van der Waals surface area contributed by atoms with Crippen LogP contribution in [-0.2, 0) is 14.4 Å². The summed E-state index contributed by atoms with van der Waals surface area (Å²) < 4.78 is 0.